The summed E-state index contributed by atoms with van der Waals surface area (Å²) in [4.78, 5) is 46.7. The number of amides is 2. The first-order valence-electron chi connectivity index (χ1n) is 7.62. The third-order valence-electron chi connectivity index (χ3n) is 4.12. The Hall–Kier alpha value is -3.54. The SMILES string of the molecule is Cc1ncc2ccccc2c1C(=O)ON1C(=O)c2ccccc2C1=O. The van der Waals surface area contributed by atoms with E-state index in [1.165, 1.54) is 12.1 Å². The summed E-state index contributed by atoms with van der Waals surface area (Å²) in [6.45, 7) is 1.67. The van der Waals surface area contributed by atoms with Crippen molar-refractivity contribution in [2.45, 2.75) is 6.92 Å². The molecule has 2 heterocycles. The Morgan fingerprint density at radius 3 is 2.24 bits per heavy atom. The van der Waals surface area contributed by atoms with Gasteiger partial charge in [0.25, 0.3) is 11.8 Å². The molecule has 1 aromatic heterocycles. The minimum Gasteiger partial charge on any atom is -0.324 e. The van der Waals surface area contributed by atoms with Gasteiger partial charge in [0.2, 0.25) is 0 Å². The highest BCUT2D eigenvalue weighted by atomic mass is 16.7. The van der Waals surface area contributed by atoms with Crippen LogP contribution in [0.25, 0.3) is 10.8 Å². The van der Waals surface area contributed by atoms with E-state index in [4.69, 9.17) is 4.84 Å². The molecule has 0 aliphatic carbocycles. The van der Waals surface area contributed by atoms with Gasteiger partial charge in [0.1, 0.15) is 0 Å². The first-order chi connectivity index (χ1) is 12.1. The Labute approximate surface area is 142 Å². The van der Waals surface area contributed by atoms with E-state index in [0.717, 1.165) is 5.39 Å². The van der Waals surface area contributed by atoms with E-state index in [-0.39, 0.29) is 16.7 Å². The van der Waals surface area contributed by atoms with Crippen LogP contribution in [0.5, 0.6) is 0 Å². The molecular weight excluding hydrogens is 320 g/mol. The number of aryl methyl sites for hydroxylation is 1. The summed E-state index contributed by atoms with van der Waals surface area (Å²) in [7, 11) is 0. The molecule has 25 heavy (non-hydrogen) atoms. The van der Waals surface area contributed by atoms with Crippen molar-refractivity contribution < 1.29 is 19.2 Å². The largest absolute Gasteiger partial charge is 0.366 e. The van der Waals surface area contributed by atoms with E-state index < -0.39 is 17.8 Å². The molecule has 0 bridgehead atoms. The molecule has 122 valence electrons. The quantitative estimate of drug-likeness (QED) is 0.674. The van der Waals surface area contributed by atoms with Gasteiger partial charge in [-0.25, -0.2) is 4.79 Å². The molecule has 2 amide bonds. The van der Waals surface area contributed by atoms with E-state index in [1.54, 1.807) is 37.4 Å². The third kappa shape index (κ3) is 2.27. The average molecular weight is 332 g/mol. The molecule has 0 spiro atoms. The molecule has 2 aromatic carbocycles. The second kappa shape index (κ2) is 5.52. The molecule has 0 radical (unpaired) electrons. The van der Waals surface area contributed by atoms with Crippen LogP contribution in [0, 0.1) is 6.92 Å². The van der Waals surface area contributed by atoms with Crippen molar-refractivity contribution in [2.75, 3.05) is 0 Å². The van der Waals surface area contributed by atoms with Gasteiger partial charge in [0.05, 0.1) is 22.4 Å². The molecule has 0 atom stereocenters. The summed E-state index contributed by atoms with van der Waals surface area (Å²) < 4.78 is 0. The maximum atomic E-state index is 12.7. The van der Waals surface area contributed by atoms with Gasteiger partial charge < -0.3 is 4.84 Å². The number of pyridine rings is 1. The molecule has 0 unspecified atom stereocenters. The van der Waals surface area contributed by atoms with Crippen LogP contribution in [-0.2, 0) is 4.84 Å². The Bertz CT molecular complexity index is 1020. The molecule has 0 fully saturated rings. The second-order valence-electron chi connectivity index (χ2n) is 5.63. The van der Waals surface area contributed by atoms with Crippen LogP contribution in [0.2, 0.25) is 0 Å². The topological polar surface area (TPSA) is 76.6 Å². The Morgan fingerprint density at radius 2 is 1.56 bits per heavy atom. The zero-order valence-electron chi connectivity index (χ0n) is 13.2. The second-order valence-corrected chi connectivity index (χ2v) is 5.63. The molecule has 0 saturated carbocycles. The molecule has 6 nitrogen and oxygen atoms in total. The van der Waals surface area contributed by atoms with Gasteiger partial charge in [0, 0.05) is 11.6 Å². The van der Waals surface area contributed by atoms with Crippen LogP contribution in [0.1, 0.15) is 36.8 Å². The normalized spacial score (nSPS) is 13.2. The van der Waals surface area contributed by atoms with Crippen molar-refractivity contribution in [1.29, 1.82) is 0 Å². The number of benzene rings is 2. The fourth-order valence-corrected chi connectivity index (χ4v) is 2.90. The molecular formula is C19H12N2O4. The Balaban J connectivity index is 1.72. The van der Waals surface area contributed by atoms with Gasteiger partial charge in [-0.15, -0.1) is 0 Å². The summed E-state index contributed by atoms with van der Waals surface area (Å²) in [5.41, 5.74) is 1.12. The number of nitrogens with zero attached hydrogens (tertiary/aromatic N) is 2. The summed E-state index contributed by atoms with van der Waals surface area (Å²) in [6.07, 6.45) is 1.66. The van der Waals surface area contributed by atoms with Crippen molar-refractivity contribution in [3.05, 3.63) is 77.1 Å². The van der Waals surface area contributed by atoms with E-state index >= 15 is 0 Å². The van der Waals surface area contributed by atoms with Crippen LogP contribution in [0.4, 0.5) is 0 Å². The number of rotatable bonds is 2. The number of aromatic nitrogens is 1. The highest BCUT2D eigenvalue weighted by molar-refractivity contribution is 6.21. The first-order valence-corrected chi connectivity index (χ1v) is 7.62. The van der Waals surface area contributed by atoms with Crippen molar-refractivity contribution >= 4 is 28.6 Å². The summed E-state index contributed by atoms with van der Waals surface area (Å²) >= 11 is 0. The van der Waals surface area contributed by atoms with Crippen molar-refractivity contribution in [2.24, 2.45) is 0 Å². The molecule has 1 aliphatic heterocycles. The Kier molecular flexibility index (Phi) is 3.32. The number of carbonyl (C=O) groups excluding carboxylic acids is 3. The van der Waals surface area contributed by atoms with Crippen LogP contribution >= 0.6 is 0 Å². The Morgan fingerprint density at radius 1 is 0.960 bits per heavy atom. The smallest absolute Gasteiger partial charge is 0.324 e. The molecule has 6 heteroatoms. The van der Waals surface area contributed by atoms with E-state index in [2.05, 4.69) is 4.98 Å². The van der Waals surface area contributed by atoms with E-state index in [1.807, 2.05) is 12.1 Å². The van der Waals surface area contributed by atoms with Crippen LogP contribution < -0.4 is 0 Å². The number of hydrogen-bond donors (Lipinski definition) is 0. The van der Waals surface area contributed by atoms with Crippen LogP contribution in [0.3, 0.4) is 0 Å². The number of hydrogen-bond acceptors (Lipinski definition) is 5. The standard InChI is InChI=1S/C19H12N2O4/c1-11-16(13-7-3-2-6-12(13)10-20-11)19(24)25-21-17(22)14-8-4-5-9-15(14)18(21)23/h2-10H,1H3. The lowest BCUT2D eigenvalue weighted by atomic mass is 10.1. The molecule has 4 rings (SSSR count). The fourth-order valence-electron chi connectivity index (χ4n) is 2.90. The van der Waals surface area contributed by atoms with Crippen molar-refractivity contribution in [3.8, 4) is 0 Å². The molecule has 3 aromatic rings. The van der Waals surface area contributed by atoms with Gasteiger partial charge in [-0.2, -0.15) is 0 Å². The first kappa shape index (κ1) is 15.0. The van der Waals surface area contributed by atoms with E-state index in [0.29, 0.717) is 16.1 Å². The van der Waals surface area contributed by atoms with Gasteiger partial charge in [-0.05, 0) is 24.4 Å². The molecule has 1 aliphatic rings. The predicted octanol–water partition coefficient (Wildman–Crippen LogP) is 2.91. The number of hydroxylamine groups is 2. The van der Waals surface area contributed by atoms with Crippen molar-refractivity contribution in [1.82, 2.24) is 10.0 Å². The number of imide groups is 1. The maximum Gasteiger partial charge on any atom is 0.366 e. The third-order valence-corrected chi connectivity index (χ3v) is 4.12. The lowest BCUT2D eigenvalue weighted by Crippen LogP contribution is -2.33. The summed E-state index contributed by atoms with van der Waals surface area (Å²) in [6, 6.07) is 13.5. The molecule has 0 N–H and O–H groups in total. The summed E-state index contributed by atoms with van der Waals surface area (Å²) in [5, 5.41) is 1.92. The fraction of sp³-hybridized carbons (Fsp3) is 0.0526. The lowest BCUT2D eigenvalue weighted by Gasteiger charge is -2.14. The lowest BCUT2D eigenvalue weighted by molar-refractivity contribution is -0.0584. The molecule has 0 saturated heterocycles. The highest BCUT2D eigenvalue weighted by Gasteiger charge is 2.39. The minimum atomic E-state index is -0.795. The summed E-state index contributed by atoms with van der Waals surface area (Å²) in [5.74, 6) is -2.10. The van der Waals surface area contributed by atoms with Crippen LogP contribution in [-0.4, -0.2) is 27.8 Å². The maximum absolute atomic E-state index is 12.7. The van der Waals surface area contributed by atoms with Gasteiger partial charge in [0.15, 0.2) is 0 Å². The van der Waals surface area contributed by atoms with Crippen molar-refractivity contribution in [3.63, 3.8) is 0 Å². The highest BCUT2D eigenvalue weighted by Crippen LogP contribution is 2.25. The predicted molar refractivity (Wildman–Crippen MR) is 88.8 cm³/mol. The number of fused-ring (bicyclic) bond motifs is 2. The zero-order chi connectivity index (χ0) is 17.6. The zero-order valence-corrected chi connectivity index (χ0v) is 13.2. The minimum absolute atomic E-state index is 0.216. The van der Waals surface area contributed by atoms with Gasteiger partial charge >= 0.3 is 5.97 Å². The van der Waals surface area contributed by atoms with E-state index in [9.17, 15) is 14.4 Å². The average Bonchev–Trinajstić information content (AvgIpc) is 2.87. The number of carbonyl (C=O) groups is 3. The van der Waals surface area contributed by atoms with Gasteiger partial charge in [-0.1, -0.05) is 41.5 Å². The van der Waals surface area contributed by atoms with Gasteiger partial charge in [-0.3, -0.25) is 14.6 Å². The monoisotopic (exact) mass is 332 g/mol. The van der Waals surface area contributed by atoms with Crippen LogP contribution in [0.15, 0.2) is 54.7 Å².